The van der Waals surface area contributed by atoms with Crippen molar-refractivity contribution in [2.45, 2.75) is 0 Å². The van der Waals surface area contributed by atoms with Gasteiger partial charge in [-0.15, -0.1) is 0 Å². The van der Waals surface area contributed by atoms with E-state index < -0.39 is 5.91 Å². The summed E-state index contributed by atoms with van der Waals surface area (Å²) in [5.41, 5.74) is 1.57. The molecule has 0 saturated heterocycles. The normalized spacial score (nSPS) is 11.2. The molecule has 0 atom stereocenters. The Hall–Kier alpha value is -3.30. The van der Waals surface area contributed by atoms with E-state index in [4.69, 9.17) is 16.3 Å². The molecule has 0 aliphatic carbocycles. The van der Waals surface area contributed by atoms with E-state index in [1.54, 1.807) is 48.0 Å². The molecular formula is C18H13ClN4O2. The minimum atomic E-state index is -0.533. The van der Waals surface area contributed by atoms with Gasteiger partial charge in [-0.1, -0.05) is 17.7 Å². The summed E-state index contributed by atoms with van der Waals surface area (Å²) in [4.78, 5) is 16.6. The fourth-order valence-corrected chi connectivity index (χ4v) is 2.51. The summed E-state index contributed by atoms with van der Waals surface area (Å²) >= 11 is 6.14. The number of ether oxygens (including phenoxy) is 1. The highest BCUT2D eigenvalue weighted by atomic mass is 35.5. The van der Waals surface area contributed by atoms with Gasteiger partial charge in [0.1, 0.15) is 23.0 Å². The van der Waals surface area contributed by atoms with Gasteiger partial charge in [0, 0.05) is 11.9 Å². The van der Waals surface area contributed by atoms with Gasteiger partial charge in [-0.25, -0.2) is 4.98 Å². The van der Waals surface area contributed by atoms with Gasteiger partial charge < -0.3 is 10.1 Å². The summed E-state index contributed by atoms with van der Waals surface area (Å²) < 4.78 is 6.77. The zero-order chi connectivity index (χ0) is 17.8. The molecule has 0 aliphatic rings. The third-order valence-corrected chi connectivity index (χ3v) is 3.79. The number of rotatable bonds is 4. The Morgan fingerprint density at radius 2 is 2.08 bits per heavy atom. The zero-order valence-corrected chi connectivity index (χ0v) is 14.0. The summed E-state index contributed by atoms with van der Waals surface area (Å²) in [6.07, 6.45) is 3.18. The molecule has 1 aromatic carbocycles. The molecule has 3 rings (SSSR count). The third-order valence-electron chi connectivity index (χ3n) is 3.52. The summed E-state index contributed by atoms with van der Waals surface area (Å²) in [5.74, 6) is 0.140. The van der Waals surface area contributed by atoms with Crippen molar-refractivity contribution in [3.63, 3.8) is 0 Å². The lowest BCUT2D eigenvalue weighted by Crippen LogP contribution is -2.13. The lowest BCUT2D eigenvalue weighted by molar-refractivity contribution is -0.112. The number of hydrogen-bond acceptors (Lipinski definition) is 4. The topological polar surface area (TPSA) is 79.4 Å². The van der Waals surface area contributed by atoms with E-state index in [1.165, 1.54) is 6.08 Å². The predicted octanol–water partition coefficient (Wildman–Crippen LogP) is 3.54. The Kier molecular flexibility index (Phi) is 4.68. The van der Waals surface area contributed by atoms with Crippen molar-refractivity contribution >= 4 is 34.9 Å². The quantitative estimate of drug-likeness (QED) is 0.575. The van der Waals surface area contributed by atoms with Crippen LogP contribution in [0, 0.1) is 11.3 Å². The van der Waals surface area contributed by atoms with Gasteiger partial charge in [-0.05, 0) is 42.5 Å². The lowest BCUT2D eigenvalue weighted by Gasteiger charge is -2.05. The minimum Gasteiger partial charge on any atom is -0.497 e. The number of carbonyl (C=O) groups is 1. The number of nitrogens with zero attached hydrogens (tertiary/aromatic N) is 3. The number of amides is 1. The van der Waals surface area contributed by atoms with Crippen molar-refractivity contribution in [1.82, 2.24) is 9.38 Å². The Morgan fingerprint density at radius 1 is 1.32 bits per heavy atom. The Labute approximate surface area is 148 Å². The first kappa shape index (κ1) is 16.6. The van der Waals surface area contributed by atoms with Crippen molar-refractivity contribution in [3.8, 4) is 11.8 Å². The average Bonchev–Trinajstić information content (AvgIpc) is 2.95. The van der Waals surface area contributed by atoms with Crippen LogP contribution in [0.5, 0.6) is 5.75 Å². The molecule has 25 heavy (non-hydrogen) atoms. The maximum Gasteiger partial charge on any atom is 0.266 e. The first-order valence-corrected chi connectivity index (χ1v) is 7.70. The van der Waals surface area contributed by atoms with Crippen LogP contribution >= 0.6 is 11.6 Å². The van der Waals surface area contributed by atoms with E-state index in [-0.39, 0.29) is 10.7 Å². The number of pyridine rings is 1. The Morgan fingerprint density at radius 3 is 2.76 bits per heavy atom. The molecule has 0 unspecified atom stereocenters. The number of nitriles is 1. The summed E-state index contributed by atoms with van der Waals surface area (Å²) in [5, 5.41) is 12.2. The number of anilines is 1. The molecule has 2 aromatic heterocycles. The first-order valence-electron chi connectivity index (χ1n) is 7.32. The summed E-state index contributed by atoms with van der Waals surface area (Å²) in [6, 6.07) is 14.1. The lowest BCUT2D eigenvalue weighted by atomic mass is 10.2. The molecule has 1 N–H and O–H groups in total. The van der Waals surface area contributed by atoms with Crippen LogP contribution in [0.25, 0.3) is 11.7 Å². The fraction of sp³-hybridized carbons (Fsp3) is 0.0556. The van der Waals surface area contributed by atoms with E-state index in [0.29, 0.717) is 22.8 Å². The van der Waals surface area contributed by atoms with Crippen molar-refractivity contribution in [3.05, 3.63) is 65.1 Å². The average molecular weight is 353 g/mol. The third kappa shape index (κ3) is 3.47. The monoisotopic (exact) mass is 352 g/mol. The smallest absolute Gasteiger partial charge is 0.266 e. The number of carbonyl (C=O) groups excluding carboxylic acids is 1. The Bertz CT molecular complexity index is 1000. The predicted molar refractivity (Wildman–Crippen MR) is 95.4 cm³/mol. The molecule has 0 bridgehead atoms. The fourth-order valence-electron chi connectivity index (χ4n) is 2.27. The number of nitrogens with one attached hydrogen (secondary N) is 1. The number of hydrogen-bond donors (Lipinski definition) is 1. The molecule has 0 radical (unpaired) electrons. The van der Waals surface area contributed by atoms with E-state index >= 15 is 0 Å². The molecule has 124 valence electrons. The number of halogens is 1. The summed E-state index contributed by atoms with van der Waals surface area (Å²) in [6.45, 7) is 0. The van der Waals surface area contributed by atoms with Crippen LogP contribution < -0.4 is 10.1 Å². The number of imidazole rings is 1. The SMILES string of the molecule is COc1ccc(NC(=O)/C(C#N)=C/c2c(Cl)nc3ccccn23)cc1. The van der Waals surface area contributed by atoms with Gasteiger partial charge in [-0.2, -0.15) is 5.26 Å². The van der Waals surface area contributed by atoms with Crippen LogP contribution in [0.3, 0.4) is 0 Å². The number of benzene rings is 1. The standard InChI is InChI=1S/C18H13ClN4O2/c1-25-14-7-5-13(6-8-14)21-18(24)12(11-20)10-15-17(19)22-16-4-2-3-9-23(15)16/h2-10H,1H3,(H,21,24)/b12-10+. The van der Waals surface area contributed by atoms with Crippen LogP contribution in [0.15, 0.2) is 54.2 Å². The molecule has 3 aromatic rings. The molecular weight excluding hydrogens is 340 g/mol. The minimum absolute atomic E-state index is 0.0802. The van der Waals surface area contributed by atoms with Crippen molar-refractivity contribution < 1.29 is 9.53 Å². The molecule has 1 amide bonds. The van der Waals surface area contributed by atoms with Crippen LogP contribution in [0.2, 0.25) is 5.15 Å². The van der Waals surface area contributed by atoms with E-state index in [2.05, 4.69) is 10.3 Å². The second kappa shape index (κ2) is 7.07. The highest BCUT2D eigenvalue weighted by Crippen LogP contribution is 2.21. The van der Waals surface area contributed by atoms with Gasteiger partial charge in [-0.3, -0.25) is 9.20 Å². The second-order valence-corrected chi connectivity index (χ2v) is 5.43. The van der Waals surface area contributed by atoms with Crippen molar-refractivity contribution in [1.29, 1.82) is 5.26 Å². The maximum atomic E-state index is 12.4. The van der Waals surface area contributed by atoms with E-state index in [9.17, 15) is 10.1 Å². The van der Waals surface area contributed by atoms with Crippen molar-refractivity contribution in [2.75, 3.05) is 12.4 Å². The molecule has 7 heteroatoms. The van der Waals surface area contributed by atoms with Gasteiger partial charge in [0.25, 0.3) is 5.91 Å². The highest BCUT2D eigenvalue weighted by molar-refractivity contribution is 6.31. The van der Waals surface area contributed by atoms with Gasteiger partial charge in [0.15, 0.2) is 5.15 Å². The highest BCUT2D eigenvalue weighted by Gasteiger charge is 2.14. The molecule has 6 nitrogen and oxygen atoms in total. The zero-order valence-electron chi connectivity index (χ0n) is 13.2. The van der Waals surface area contributed by atoms with Crippen molar-refractivity contribution in [2.24, 2.45) is 0 Å². The van der Waals surface area contributed by atoms with Crippen LogP contribution in [0.1, 0.15) is 5.69 Å². The molecule has 0 saturated carbocycles. The second-order valence-electron chi connectivity index (χ2n) is 5.07. The van der Waals surface area contributed by atoms with Crippen LogP contribution in [0.4, 0.5) is 5.69 Å². The Balaban J connectivity index is 1.90. The first-order chi connectivity index (χ1) is 12.1. The van der Waals surface area contributed by atoms with E-state index in [1.807, 2.05) is 18.2 Å². The molecule has 0 aliphatic heterocycles. The summed E-state index contributed by atoms with van der Waals surface area (Å²) in [7, 11) is 1.56. The van der Waals surface area contributed by atoms with E-state index in [0.717, 1.165) is 0 Å². The molecule has 0 fully saturated rings. The molecule has 2 heterocycles. The number of aromatic nitrogens is 2. The van der Waals surface area contributed by atoms with Crippen LogP contribution in [-0.4, -0.2) is 22.4 Å². The molecule has 0 spiro atoms. The number of fused-ring (bicyclic) bond motifs is 1. The van der Waals surface area contributed by atoms with Gasteiger partial charge in [0.2, 0.25) is 0 Å². The van der Waals surface area contributed by atoms with Gasteiger partial charge in [0.05, 0.1) is 12.8 Å². The maximum absolute atomic E-state index is 12.4. The largest absolute Gasteiger partial charge is 0.497 e. The van der Waals surface area contributed by atoms with Crippen LogP contribution in [-0.2, 0) is 4.79 Å². The van der Waals surface area contributed by atoms with Gasteiger partial charge >= 0.3 is 0 Å². The number of methoxy groups -OCH3 is 1.